The molecule has 0 spiro atoms. The molecule has 0 N–H and O–H groups in total. The first kappa shape index (κ1) is 16.2. The average molecular weight is 354 g/mol. The molecule has 1 fully saturated rings. The highest BCUT2D eigenvalue weighted by Gasteiger charge is 2.49. The van der Waals surface area contributed by atoms with Gasteiger partial charge in [-0.15, -0.1) is 10.2 Å². The van der Waals surface area contributed by atoms with Crippen LogP contribution in [0.2, 0.25) is 0 Å². The number of hydrogen-bond acceptors (Lipinski definition) is 3. The molecule has 0 bridgehead atoms. The van der Waals surface area contributed by atoms with E-state index in [9.17, 15) is 0 Å². The molecule has 0 saturated heterocycles. The van der Waals surface area contributed by atoms with Crippen molar-refractivity contribution >= 4 is 5.65 Å². The lowest BCUT2D eigenvalue weighted by atomic mass is 9.93. The zero-order valence-corrected chi connectivity index (χ0v) is 15.6. The van der Waals surface area contributed by atoms with Gasteiger partial charge in [0, 0.05) is 18.6 Å². The van der Waals surface area contributed by atoms with Crippen molar-refractivity contribution in [3.63, 3.8) is 0 Å². The molecule has 27 heavy (non-hydrogen) atoms. The van der Waals surface area contributed by atoms with Crippen LogP contribution in [0.25, 0.3) is 16.8 Å². The predicted octanol–water partition coefficient (Wildman–Crippen LogP) is 4.99. The molecule has 134 valence electrons. The van der Waals surface area contributed by atoms with Gasteiger partial charge in [-0.05, 0) is 53.1 Å². The van der Waals surface area contributed by atoms with E-state index in [2.05, 4.69) is 82.1 Å². The first-order valence-corrected chi connectivity index (χ1v) is 9.54. The van der Waals surface area contributed by atoms with Crippen molar-refractivity contribution < 1.29 is 0 Å². The Morgan fingerprint density at radius 1 is 0.926 bits per heavy atom. The quantitative estimate of drug-likeness (QED) is 0.518. The Balaban J connectivity index is 1.56. The van der Waals surface area contributed by atoms with Gasteiger partial charge in [-0.25, -0.2) is 0 Å². The van der Waals surface area contributed by atoms with E-state index in [1.54, 1.807) is 6.20 Å². The molecular weight excluding hydrogens is 332 g/mol. The largest absolute Gasteiger partial charge is 0.285 e. The van der Waals surface area contributed by atoms with Crippen molar-refractivity contribution in [3.8, 4) is 11.1 Å². The summed E-state index contributed by atoms with van der Waals surface area (Å²) in [6.45, 7) is 4.40. The maximum atomic E-state index is 4.63. The molecule has 0 radical (unpaired) electrons. The van der Waals surface area contributed by atoms with Crippen molar-refractivity contribution in [1.29, 1.82) is 0 Å². The van der Waals surface area contributed by atoms with Crippen LogP contribution in [0.1, 0.15) is 49.6 Å². The molecule has 0 aliphatic heterocycles. The third kappa shape index (κ3) is 2.55. The Morgan fingerprint density at radius 2 is 1.74 bits per heavy atom. The lowest BCUT2D eigenvalue weighted by molar-refractivity contribution is 0.739. The molecule has 3 heterocycles. The van der Waals surface area contributed by atoms with E-state index in [0.717, 1.165) is 29.9 Å². The van der Waals surface area contributed by atoms with Crippen LogP contribution in [0, 0.1) is 0 Å². The number of nitrogens with zero attached hydrogens (tertiary/aromatic N) is 4. The number of aromatic nitrogens is 4. The summed E-state index contributed by atoms with van der Waals surface area (Å²) in [5, 5.41) is 9.17. The van der Waals surface area contributed by atoms with E-state index in [1.807, 2.05) is 12.3 Å². The summed E-state index contributed by atoms with van der Waals surface area (Å²) in [4.78, 5) is 4.22. The third-order valence-corrected chi connectivity index (χ3v) is 5.70. The van der Waals surface area contributed by atoms with Gasteiger partial charge in [-0.3, -0.25) is 9.38 Å². The van der Waals surface area contributed by atoms with Gasteiger partial charge in [0.15, 0.2) is 5.65 Å². The molecule has 0 amide bonds. The van der Waals surface area contributed by atoms with E-state index >= 15 is 0 Å². The Hall–Kier alpha value is -3.01. The van der Waals surface area contributed by atoms with Crippen molar-refractivity contribution in [2.45, 2.75) is 38.0 Å². The highest BCUT2D eigenvalue weighted by atomic mass is 15.3. The minimum atomic E-state index is -0.0114. The number of rotatable bonds is 4. The second-order valence-electron chi connectivity index (χ2n) is 7.74. The summed E-state index contributed by atoms with van der Waals surface area (Å²) in [6, 6.07) is 17.2. The van der Waals surface area contributed by atoms with E-state index in [-0.39, 0.29) is 5.41 Å². The lowest BCUT2D eigenvalue weighted by Crippen LogP contribution is -2.13. The fourth-order valence-corrected chi connectivity index (χ4v) is 4.00. The summed E-state index contributed by atoms with van der Waals surface area (Å²) in [5.74, 6) is 1.49. The van der Waals surface area contributed by atoms with Crippen LogP contribution in [-0.2, 0) is 5.41 Å². The zero-order chi connectivity index (χ0) is 18.4. The van der Waals surface area contributed by atoms with Gasteiger partial charge in [0.05, 0.1) is 5.41 Å². The van der Waals surface area contributed by atoms with Crippen LogP contribution in [0.3, 0.4) is 0 Å². The molecule has 1 saturated carbocycles. The van der Waals surface area contributed by atoms with E-state index in [1.165, 1.54) is 16.7 Å². The van der Waals surface area contributed by atoms with Crippen LogP contribution >= 0.6 is 0 Å². The monoisotopic (exact) mass is 354 g/mol. The number of benzene rings is 1. The summed E-state index contributed by atoms with van der Waals surface area (Å²) in [5.41, 5.74) is 5.88. The molecule has 4 aromatic rings. The van der Waals surface area contributed by atoms with Crippen LogP contribution in [-0.4, -0.2) is 19.6 Å². The number of fused-ring (bicyclic) bond motifs is 1. The van der Waals surface area contributed by atoms with Gasteiger partial charge in [0.2, 0.25) is 0 Å². The molecule has 1 aromatic carbocycles. The van der Waals surface area contributed by atoms with Crippen LogP contribution in [0.5, 0.6) is 0 Å². The molecule has 1 aliphatic carbocycles. The highest BCUT2D eigenvalue weighted by Crippen LogP contribution is 2.53. The summed E-state index contributed by atoms with van der Waals surface area (Å²) >= 11 is 0. The van der Waals surface area contributed by atoms with Gasteiger partial charge in [-0.1, -0.05) is 50.2 Å². The SMILES string of the molecule is CC(C)c1cccn2c(C3(c4ccc(-c5cccnc5)cc4)CC3)nnc12. The molecular formula is C23H22N4. The van der Waals surface area contributed by atoms with E-state index in [4.69, 9.17) is 0 Å². The molecule has 3 aromatic heterocycles. The topological polar surface area (TPSA) is 43.1 Å². The van der Waals surface area contributed by atoms with Crippen LogP contribution in [0.15, 0.2) is 67.1 Å². The number of hydrogen-bond donors (Lipinski definition) is 0. The maximum Gasteiger partial charge on any atom is 0.164 e. The predicted molar refractivity (Wildman–Crippen MR) is 107 cm³/mol. The minimum absolute atomic E-state index is 0.0114. The first-order chi connectivity index (χ1) is 13.2. The Morgan fingerprint density at radius 3 is 2.41 bits per heavy atom. The van der Waals surface area contributed by atoms with E-state index < -0.39 is 0 Å². The molecule has 4 heteroatoms. The molecule has 0 unspecified atom stereocenters. The van der Waals surface area contributed by atoms with Gasteiger partial charge < -0.3 is 0 Å². The van der Waals surface area contributed by atoms with Gasteiger partial charge >= 0.3 is 0 Å². The van der Waals surface area contributed by atoms with Gasteiger partial charge in [-0.2, -0.15) is 0 Å². The highest BCUT2D eigenvalue weighted by molar-refractivity contribution is 5.63. The normalized spacial score (nSPS) is 15.4. The second-order valence-corrected chi connectivity index (χ2v) is 7.74. The molecule has 4 nitrogen and oxygen atoms in total. The van der Waals surface area contributed by atoms with Crippen molar-refractivity contribution in [2.24, 2.45) is 0 Å². The van der Waals surface area contributed by atoms with Gasteiger partial charge in [0.1, 0.15) is 5.82 Å². The summed E-state index contributed by atoms with van der Waals surface area (Å²) < 4.78 is 2.19. The Labute approximate surface area is 158 Å². The Kier molecular flexibility index (Phi) is 3.61. The van der Waals surface area contributed by atoms with E-state index in [0.29, 0.717) is 5.92 Å². The van der Waals surface area contributed by atoms with Gasteiger partial charge in [0.25, 0.3) is 0 Å². The zero-order valence-electron chi connectivity index (χ0n) is 15.6. The second kappa shape index (κ2) is 6.02. The average Bonchev–Trinajstić information content (AvgIpc) is 3.40. The first-order valence-electron chi connectivity index (χ1n) is 9.54. The minimum Gasteiger partial charge on any atom is -0.285 e. The fraction of sp³-hybridized carbons (Fsp3) is 0.261. The molecule has 0 atom stereocenters. The summed E-state index contributed by atoms with van der Waals surface area (Å²) in [7, 11) is 0. The standard InChI is InChI=1S/C23H22N4/c1-16(2)20-6-4-14-27-21(20)25-26-22(27)23(11-12-23)19-9-7-17(8-10-19)18-5-3-13-24-15-18/h3-10,13-16H,11-12H2,1-2H3. The molecule has 5 rings (SSSR count). The molecule has 1 aliphatic rings. The smallest absolute Gasteiger partial charge is 0.164 e. The summed E-state index contributed by atoms with van der Waals surface area (Å²) in [6.07, 6.45) is 8.04. The maximum absolute atomic E-state index is 4.63. The number of pyridine rings is 2. The third-order valence-electron chi connectivity index (χ3n) is 5.70. The Bertz CT molecular complexity index is 1090. The van der Waals surface area contributed by atoms with Crippen LogP contribution in [0.4, 0.5) is 0 Å². The van der Waals surface area contributed by atoms with Crippen molar-refractivity contribution in [2.75, 3.05) is 0 Å². The lowest BCUT2D eigenvalue weighted by Gasteiger charge is -2.15. The fourth-order valence-electron chi connectivity index (χ4n) is 4.00. The van der Waals surface area contributed by atoms with Crippen molar-refractivity contribution in [1.82, 2.24) is 19.6 Å². The van der Waals surface area contributed by atoms with Crippen molar-refractivity contribution in [3.05, 3.63) is 84.1 Å². The van der Waals surface area contributed by atoms with Crippen LogP contribution < -0.4 is 0 Å².